The Balaban J connectivity index is 1.79. The number of hydrogen-bond acceptors (Lipinski definition) is 3. The predicted octanol–water partition coefficient (Wildman–Crippen LogP) is 2.28. The van der Waals surface area contributed by atoms with Crippen LogP contribution in [-0.2, 0) is 9.47 Å². The number of nitrogens with zero attached hydrogens (tertiary/aromatic N) is 1. The zero-order valence-corrected chi connectivity index (χ0v) is 11.1. The Morgan fingerprint density at radius 1 is 1.06 bits per heavy atom. The Labute approximate surface area is 105 Å². The molecule has 2 rings (SSSR count). The zero-order chi connectivity index (χ0) is 12.1. The third-order valence-electron chi connectivity index (χ3n) is 3.81. The highest BCUT2D eigenvalue weighted by Crippen LogP contribution is 2.32. The van der Waals surface area contributed by atoms with Crippen molar-refractivity contribution in [1.29, 1.82) is 0 Å². The fourth-order valence-corrected chi connectivity index (χ4v) is 3.00. The molecule has 0 N–H and O–H groups in total. The molecule has 3 nitrogen and oxygen atoms in total. The lowest BCUT2D eigenvalue weighted by Crippen LogP contribution is -2.34. The van der Waals surface area contributed by atoms with Crippen molar-refractivity contribution in [3.05, 3.63) is 12.2 Å². The second-order valence-electron chi connectivity index (χ2n) is 5.02. The second-order valence-corrected chi connectivity index (χ2v) is 5.02. The van der Waals surface area contributed by atoms with Crippen molar-refractivity contribution in [2.75, 3.05) is 32.8 Å². The smallest absolute Gasteiger partial charge is 0.170 e. The third kappa shape index (κ3) is 3.54. The van der Waals surface area contributed by atoms with E-state index in [1.165, 1.54) is 25.9 Å². The molecule has 2 aliphatic rings. The van der Waals surface area contributed by atoms with E-state index in [0.717, 1.165) is 31.6 Å². The van der Waals surface area contributed by atoms with Gasteiger partial charge in [0.05, 0.1) is 0 Å². The van der Waals surface area contributed by atoms with Crippen molar-refractivity contribution < 1.29 is 9.47 Å². The summed E-state index contributed by atoms with van der Waals surface area (Å²) in [5, 5.41) is 0. The number of fused-ring (bicyclic) bond motifs is 1. The van der Waals surface area contributed by atoms with E-state index in [2.05, 4.69) is 17.1 Å². The molecule has 17 heavy (non-hydrogen) atoms. The van der Waals surface area contributed by atoms with Gasteiger partial charge in [-0.25, -0.2) is 0 Å². The van der Waals surface area contributed by atoms with Gasteiger partial charge in [0.15, 0.2) is 6.29 Å². The van der Waals surface area contributed by atoms with Gasteiger partial charge in [0.1, 0.15) is 0 Å². The monoisotopic (exact) mass is 239 g/mol. The molecular formula is C14H25NO2. The minimum absolute atomic E-state index is 0.0434. The fraction of sp³-hybridized carbons (Fsp3) is 0.857. The van der Waals surface area contributed by atoms with Gasteiger partial charge >= 0.3 is 0 Å². The highest BCUT2D eigenvalue weighted by atomic mass is 16.7. The summed E-state index contributed by atoms with van der Waals surface area (Å²) in [4.78, 5) is 2.51. The van der Waals surface area contributed by atoms with Crippen molar-refractivity contribution in [2.24, 2.45) is 11.8 Å². The van der Waals surface area contributed by atoms with Crippen molar-refractivity contribution in [1.82, 2.24) is 4.90 Å². The van der Waals surface area contributed by atoms with Gasteiger partial charge in [-0.3, -0.25) is 4.90 Å². The summed E-state index contributed by atoms with van der Waals surface area (Å²) < 4.78 is 11.2. The molecule has 98 valence electrons. The van der Waals surface area contributed by atoms with Crippen LogP contribution in [0.1, 0.15) is 26.7 Å². The Kier molecular flexibility index (Phi) is 5.01. The van der Waals surface area contributed by atoms with Gasteiger partial charge in [0.25, 0.3) is 0 Å². The minimum Gasteiger partial charge on any atom is -0.352 e. The lowest BCUT2D eigenvalue weighted by molar-refractivity contribution is -0.145. The summed E-state index contributed by atoms with van der Waals surface area (Å²) in [5.74, 6) is 1.73. The molecule has 2 atom stereocenters. The molecule has 1 heterocycles. The van der Waals surface area contributed by atoms with E-state index < -0.39 is 0 Å². The Morgan fingerprint density at radius 2 is 1.59 bits per heavy atom. The van der Waals surface area contributed by atoms with E-state index in [9.17, 15) is 0 Å². The van der Waals surface area contributed by atoms with E-state index in [-0.39, 0.29) is 6.29 Å². The first-order chi connectivity index (χ1) is 8.33. The molecule has 0 radical (unpaired) electrons. The first-order valence-corrected chi connectivity index (χ1v) is 6.94. The van der Waals surface area contributed by atoms with Crippen LogP contribution < -0.4 is 0 Å². The molecule has 1 aliphatic carbocycles. The fourth-order valence-electron chi connectivity index (χ4n) is 3.00. The van der Waals surface area contributed by atoms with E-state index in [1.807, 2.05) is 13.8 Å². The molecular weight excluding hydrogens is 214 g/mol. The van der Waals surface area contributed by atoms with Crippen LogP contribution in [0.25, 0.3) is 0 Å². The number of allylic oxidation sites excluding steroid dienone is 2. The van der Waals surface area contributed by atoms with Crippen LogP contribution in [0, 0.1) is 11.8 Å². The molecule has 0 aromatic heterocycles. The summed E-state index contributed by atoms with van der Waals surface area (Å²) in [6.07, 6.45) is 7.16. The Hall–Kier alpha value is -0.380. The van der Waals surface area contributed by atoms with Gasteiger partial charge in [-0.2, -0.15) is 0 Å². The van der Waals surface area contributed by atoms with Gasteiger partial charge in [-0.1, -0.05) is 12.2 Å². The Bertz CT molecular complexity index is 233. The van der Waals surface area contributed by atoms with Crippen LogP contribution >= 0.6 is 0 Å². The molecule has 3 heteroatoms. The predicted molar refractivity (Wildman–Crippen MR) is 68.8 cm³/mol. The minimum atomic E-state index is -0.0434. The first kappa shape index (κ1) is 13.1. The maximum Gasteiger partial charge on any atom is 0.170 e. The highest BCUT2D eigenvalue weighted by Gasteiger charge is 2.33. The van der Waals surface area contributed by atoms with Gasteiger partial charge < -0.3 is 9.47 Å². The van der Waals surface area contributed by atoms with Crippen molar-refractivity contribution in [3.8, 4) is 0 Å². The SMILES string of the molecule is CCOC(CN1CC2CC=CCC2C1)OCC. The van der Waals surface area contributed by atoms with Crippen LogP contribution in [0.4, 0.5) is 0 Å². The molecule has 0 amide bonds. The van der Waals surface area contributed by atoms with E-state index >= 15 is 0 Å². The molecule has 1 saturated heterocycles. The normalized spacial score (nSPS) is 28.9. The van der Waals surface area contributed by atoms with Gasteiger partial charge in [-0.15, -0.1) is 0 Å². The molecule has 1 aliphatic heterocycles. The Morgan fingerprint density at radius 3 is 2.06 bits per heavy atom. The summed E-state index contributed by atoms with van der Waals surface area (Å²) in [7, 11) is 0. The summed E-state index contributed by atoms with van der Waals surface area (Å²) >= 11 is 0. The van der Waals surface area contributed by atoms with Gasteiger partial charge in [-0.05, 0) is 38.5 Å². The van der Waals surface area contributed by atoms with E-state index in [1.54, 1.807) is 0 Å². The topological polar surface area (TPSA) is 21.7 Å². The van der Waals surface area contributed by atoms with Crippen LogP contribution in [0.15, 0.2) is 12.2 Å². The molecule has 0 aromatic carbocycles. The molecule has 0 saturated carbocycles. The summed E-state index contributed by atoms with van der Waals surface area (Å²) in [6, 6.07) is 0. The largest absolute Gasteiger partial charge is 0.352 e. The van der Waals surface area contributed by atoms with Gasteiger partial charge in [0, 0.05) is 32.8 Å². The summed E-state index contributed by atoms with van der Waals surface area (Å²) in [5.41, 5.74) is 0. The lowest BCUT2D eigenvalue weighted by atomic mass is 9.86. The summed E-state index contributed by atoms with van der Waals surface area (Å²) in [6.45, 7) is 8.87. The molecule has 0 bridgehead atoms. The molecule has 0 spiro atoms. The highest BCUT2D eigenvalue weighted by molar-refractivity contribution is 4.99. The van der Waals surface area contributed by atoms with E-state index in [0.29, 0.717) is 0 Å². The maximum absolute atomic E-state index is 5.62. The number of likely N-dealkylation sites (tertiary alicyclic amines) is 1. The number of hydrogen-bond donors (Lipinski definition) is 0. The van der Waals surface area contributed by atoms with E-state index in [4.69, 9.17) is 9.47 Å². The molecule has 0 aromatic rings. The van der Waals surface area contributed by atoms with Crippen LogP contribution in [0.5, 0.6) is 0 Å². The van der Waals surface area contributed by atoms with Crippen molar-refractivity contribution >= 4 is 0 Å². The van der Waals surface area contributed by atoms with Gasteiger partial charge in [0.2, 0.25) is 0 Å². The van der Waals surface area contributed by atoms with Crippen LogP contribution in [-0.4, -0.2) is 44.0 Å². The zero-order valence-electron chi connectivity index (χ0n) is 11.1. The average Bonchev–Trinajstić information content (AvgIpc) is 2.71. The number of rotatable bonds is 6. The quantitative estimate of drug-likeness (QED) is 0.524. The van der Waals surface area contributed by atoms with Crippen LogP contribution in [0.2, 0.25) is 0 Å². The number of ether oxygens (including phenoxy) is 2. The second kappa shape index (κ2) is 6.53. The molecule has 1 fully saturated rings. The average molecular weight is 239 g/mol. The third-order valence-corrected chi connectivity index (χ3v) is 3.81. The van der Waals surface area contributed by atoms with Crippen LogP contribution in [0.3, 0.4) is 0 Å². The van der Waals surface area contributed by atoms with Crippen molar-refractivity contribution in [3.63, 3.8) is 0 Å². The lowest BCUT2D eigenvalue weighted by Gasteiger charge is -2.23. The van der Waals surface area contributed by atoms with Crippen molar-refractivity contribution in [2.45, 2.75) is 33.0 Å². The maximum atomic E-state index is 5.62. The molecule has 2 unspecified atom stereocenters. The standard InChI is InChI=1S/C14H25NO2/c1-3-16-14(17-4-2)11-15-9-12-7-5-6-8-13(12)10-15/h5-6,12-14H,3-4,7-11H2,1-2H3. The first-order valence-electron chi connectivity index (χ1n) is 6.94.